The van der Waals surface area contributed by atoms with Crippen LogP contribution in [0.5, 0.6) is 0 Å². The molecule has 1 unspecified atom stereocenters. The number of ether oxygens (including phenoxy) is 2. The number of piperidine rings is 1. The monoisotopic (exact) mass is 600 g/mol. The summed E-state index contributed by atoms with van der Waals surface area (Å²) in [5, 5.41) is 15.5. The van der Waals surface area contributed by atoms with Gasteiger partial charge < -0.3 is 26.5 Å². The van der Waals surface area contributed by atoms with Crippen LogP contribution in [0.2, 0.25) is 0 Å². The van der Waals surface area contributed by atoms with Crippen LogP contribution in [0.4, 0.5) is 9.18 Å². The van der Waals surface area contributed by atoms with Crippen LogP contribution in [-0.2, 0) is 22.4 Å². The fourth-order valence-corrected chi connectivity index (χ4v) is 6.35. The van der Waals surface area contributed by atoms with Crippen LogP contribution in [0.1, 0.15) is 93.1 Å². The van der Waals surface area contributed by atoms with Gasteiger partial charge in [-0.25, -0.2) is 14.2 Å². The zero-order valence-electron chi connectivity index (χ0n) is 25.6. The van der Waals surface area contributed by atoms with Gasteiger partial charge in [0.15, 0.2) is 5.58 Å². The van der Waals surface area contributed by atoms with Gasteiger partial charge in [-0.2, -0.15) is 0 Å². The standard InChI is InChI=1S/C31H42FN4O6.CH3/c1-3-4-5-6-18-40-31(39)41-20-36(17-13-24-21(2)33-29-26(37)8-7-14-35(29)30(24)38)15-11-22(12-16-36)28-25-10-9-23(32)19-27(25)42-34-28;/h9-10,19,22,26,37H,3-8,11-18,20H2,1-2H3;1H3/q+1;-1. The number of benzene rings is 1. The number of rotatable bonds is 11. The lowest BCUT2D eigenvalue weighted by Gasteiger charge is -2.42. The minimum absolute atomic E-state index is 0. The molecular weight excluding hydrogens is 555 g/mol. The number of fused-ring (bicyclic) bond motifs is 2. The molecule has 0 radical (unpaired) electrons. The van der Waals surface area contributed by atoms with E-state index >= 15 is 0 Å². The first kappa shape index (κ1) is 32.6. The predicted octanol–water partition coefficient (Wildman–Crippen LogP) is 5.74. The quantitative estimate of drug-likeness (QED) is 0.128. The Kier molecular flexibility index (Phi) is 10.9. The van der Waals surface area contributed by atoms with Crippen molar-refractivity contribution in [3.8, 4) is 0 Å². The molecule has 2 aliphatic heterocycles. The summed E-state index contributed by atoms with van der Waals surface area (Å²) in [6, 6.07) is 4.48. The first-order valence-electron chi connectivity index (χ1n) is 15.3. The van der Waals surface area contributed by atoms with Crippen LogP contribution in [0.15, 0.2) is 27.5 Å². The highest BCUT2D eigenvalue weighted by molar-refractivity contribution is 5.79. The van der Waals surface area contributed by atoms with Crippen LogP contribution in [0.25, 0.3) is 11.0 Å². The van der Waals surface area contributed by atoms with E-state index in [1.165, 1.54) is 12.1 Å². The summed E-state index contributed by atoms with van der Waals surface area (Å²) in [6.07, 6.45) is 5.98. The summed E-state index contributed by atoms with van der Waals surface area (Å²) in [6.45, 7) is 6.96. The number of aromatic nitrogens is 3. The Balaban J connectivity index is 0.00000423. The van der Waals surface area contributed by atoms with Crippen LogP contribution in [0, 0.1) is 20.2 Å². The number of carbonyl (C=O) groups is 1. The number of hydrogen-bond acceptors (Lipinski definition) is 8. The van der Waals surface area contributed by atoms with E-state index in [1.54, 1.807) is 10.6 Å². The van der Waals surface area contributed by atoms with Gasteiger partial charge in [0.05, 0.1) is 31.9 Å². The molecule has 1 N–H and O–H groups in total. The fourth-order valence-electron chi connectivity index (χ4n) is 6.35. The van der Waals surface area contributed by atoms with E-state index in [2.05, 4.69) is 17.1 Å². The molecule has 0 amide bonds. The van der Waals surface area contributed by atoms with Gasteiger partial charge in [0.1, 0.15) is 17.7 Å². The largest absolute Gasteiger partial charge is 0.512 e. The SMILES string of the molecule is CCCCCCOC(=O)OC[N+]1(CCc2c(C)nc3n(c2=O)CCCC3O)CCC(c2noc3cc(F)ccc23)CC1.[CH3-]. The summed E-state index contributed by atoms with van der Waals surface area (Å²) in [4.78, 5) is 30.5. The van der Waals surface area contributed by atoms with Crippen molar-refractivity contribution in [1.29, 1.82) is 0 Å². The molecule has 0 saturated carbocycles. The van der Waals surface area contributed by atoms with Gasteiger partial charge in [-0.15, -0.1) is 0 Å². The normalized spacial score (nSPS) is 21.7. The van der Waals surface area contributed by atoms with Crippen molar-refractivity contribution in [3.63, 3.8) is 0 Å². The average molecular weight is 601 g/mol. The molecule has 1 saturated heterocycles. The Morgan fingerprint density at radius 2 is 1.98 bits per heavy atom. The Morgan fingerprint density at radius 3 is 2.74 bits per heavy atom. The van der Waals surface area contributed by atoms with Crippen LogP contribution in [0.3, 0.4) is 0 Å². The van der Waals surface area contributed by atoms with Gasteiger partial charge >= 0.3 is 6.16 Å². The maximum Gasteiger partial charge on any atom is 0.512 e. The number of nitrogens with zero attached hydrogens (tertiary/aromatic N) is 4. The number of aliphatic hydroxyl groups is 1. The third kappa shape index (κ3) is 7.44. The molecule has 10 nitrogen and oxygen atoms in total. The molecule has 0 spiro atoms. The maximum atomic E-state index is 13.7. The summed E-state index contributed by atoms with van der Waals surface area (Å²) >= 11 is 0. The van der Waals surface area contributed by atoms with Gasteiger partial charge in [-0.05, 0) is 38.3 Å². The lowest BCUT2D eigenvalue weighted by Crippen LogP contribution is -2.55. The summed E-state index contributed by atoms with van der Waals surface area (Å²) in [5.41, 5.74) is 2.42. The van der Waals surface area contributed by atoms with E-state index in [0.717, 1.165) is 56.0 Å². The molecule has 4 heterocycles. The lowest BCUT2D eigenvalue weighted by atomic mass is 9.90. The minimum atomic E-state index is -0.720. The highest BCUT2D eigenvalue weighted by Crippen LogP contribution is 2.35. The number of aliphatic hydroxyl groups excluding tert-OH is 1. The first-order chi connectivity index (χ1) is 20.3. The zero-order chi connectivity index (χ0) is 29.7. The minimum Gasteiger partial charge on any atom is -0.434 e. The van der Waals surface area contributed by atoms with Crippen LogP contribution < -0.4 is 5.56 Å². The molecule has 11 heteroatoms. The average Bonchev–Trinajstić information content (AvgIpc) is 3.40. The van der Waals surface area contributed by atoms with E-state index in [9.17, 15) is 19.1 Å². The van der Waals surface area contributed by atoms with E-state index in [-0.39, 0.29) is 31.5 Å². The molecule has 1 fully saturated rings. The lowest BCUT2D eigenvalue weighted by molar-refractivity contribution is -0.948. The van der Waals surface area contributed by atoms with Crippen molar-refractivity contribution in [1.82, 2.24) is 14.7 Å². The molecule has 236 valence electrons. The second-order valence-electron chi connectivity index (χ2n) is 11.8. The van der Waals surface area contributed by atoms with Gasteiger partial charge in [-0.3, -0.25) is 13.8 Å². The van der Waals surface area contributed by atoms with E-state index in [1.807, 2.05) is 6.92 Å². The summed E-state index contributed by atoms with van der Waals surface area (Å²) < 4.78 is 32.2. The maximum absolute atomic E-state index is 13.7. The molecule has 2 aliphatic rings. The third-order valence-electron chi connectivity index (χ3n) is 8.92. The van der Waals surface area contributed by atoms with Crippen molar-refractivity contribution in [2.45, 2.75) is 90.2 Å². The Labute approximate surface area is 252 Å². The molecule has 5 rings (SSSR count). The van der Waals surface area contributed by atoms with E-state index in [0.29, 0.717) is 72.8 Å². The van der Waals surface area contributed by atoms with Gasteiger partial charge in [-0.1, -0.05) is 31.3 Å². The van der Waals surface area contributed by atoms with Crippen LogP contribution in [-0.4, -0.2) is 63.4 Å². The number of aryl methyl sites for hydroxylation is 1. The topological polar surface area (TPSA) is 117 Å². The Hall–Kier alpha value is -3.31. The van der Waals surface area contributed by atoms with Crippen molar-refractivity contribution in [3.05, 3.63) is 64.6 Å². The molecule has 1 aromatic carbocycles. The van der Waals surface area contributed by atoms with Crippen molar-refractivity contribution < 1.29 is 32.8 Å². The number of quaternary nitrogens is 1. The zero-order valence-corrected chi connectivity index (χ0v) is 25.6. The summed E-state index contributed by atoms with van der Waals surface area (Å²) in [5.74, 6) is 0.200. The molecule has 43 heavy (non-hydrogen) atoms. The number of halogens is 1. The third-order valence-corrected chi connectivity index (χ3v) is 8.92. The Bertz CT molecular complexity index is 1450. The summed E-state index contributed by atoms with van der Waals surface area (Å²) in [7, 11) is 0. The molecule has 1 atom stereocenters. The van der Waals surface area contributed by atoms with Crippen molar-refractivity contribution >= 4 is 17.1 Å². The number of likely N-dealkylation sites (tertiary alicyclic amines) is 1. The second-order valence-corrected chi connectivity index (χ2v) is 11.8. The number of carbonyl (C=O) groups excluding carboxylic acids is 1. The van der Waals surface area contributed by atoms with Crippen LogP contribution >= 0.6 is 0 Å². The van der Waals surface area contributed by atoms with E-state index in [4.69, 9.17) is 14.0 Å². The van der Waals surface area contributed by atoms with Gasteiger partial charge in [0, 0.05) is 54.4 Å². The highest BCUT2D eigenvalue weighted by Gasteiger charge is 2.38. The second kappa shape index (κ2) is 14.4. The molecule has 2 aromatic heterocycles. The Morgan fingerprint density at radius 1 is 1.19 bits per heavy atom. The predicted molar refractivity (Wildman–Crippen MR) is 160 cm³/mol. The fraction of sp³-hybridized carbons (Fsp3) is 0.594. The van der Waals surface area contributed by atoms with Gasteiger partial charge in [0.25, 0.3) is 5.56 Å². The molecular formula is C32H45FN4O6. The van der Waals surface area contributed by atoms with Crippen molar-refractivity contribution in [2.75, 3.05) is 33.0 Å². The molecule has 3 aromatic rings. The van der Waals surface area contributed by atoms with Gasteiger partial charge in [0.2, 0.25) is 6.73 Å². The smallest absolute Gasteiger partial charge is 0.434 e. The highest BCUT2D eigenvalue weighted by atomic mass is 19.1. The van der Waals surface area contributed by atoms with E-state index < -0.39 is 12.3 Å². The first-order valence-corrected chi connectivity index (χ1v) is 15.3. The van der Waals surface area contributed by atoms with Crippen molar-refractivity contribution in [2.24, 2.45) is 0 Å². The molecule has 0 bridgehead atoms. The number of hydrogen-bond donors (Lipinski definition) is 1. The molecule has 0 aliphatic carbocycles. The number of unbranched alkanes of at least 4 members (excludes halogenated alkanes) is 3.